The van der Waals surface area contributed by atoms with E-state index in [2.05, 4.69) is 31.3 Å². The van der Waals surface area contributed by atoms with E-state index in [1.807, 2.05) is 27.2 Å². The molecule has 0 aromatic heterocycles. The van der Waals surface area contributed by atoms with Crippen molar-refractivity contribution in [1.29, 1.82) is 0 Å². The van der Waals surface area contributed by atoms with Crippen molar-refractivity contribution in [2.75, 3.05) is 40.9 Å². The second-order valence-electron chi connectivity index (χ2n) is 20.6. The number of carbonyl (C=O) groups is 1. The molecule has 3 unspecified atom stereocenters. The van der Waals surface area contributed by atoms with Gasteiger partial charge in [-0.15, -0.1) is 0 Å². The fourth-order valence-electron chi connectivity index (χ4n) is 8.47. The van der Waals surface area contributed by atoms with Crippen LogP contribution in [0.2, 0.25) is 0 Å². The minimum atomic E-state index is -4.60. The lowest BCUT2D eigenvalue weighted by Gasteiger charge is -2.29. The van der Waals surface area contributed by atoms with Gasteiger partial charge in [0.1, 0.15) is 13.2 Å². The predicted octanol–water partition coefficient (Wildman–Crippen LogP) is 16.2. The zero-order chi connectivity index (χ0) is 47.8. The van der Waals surface area contributed by atoms with Gasteiger partial charge in [-0.25, -0.2) is 0 Å². The molecular formula is C56H111N2O6P. The van der Waals surface area contributed by atoms with Gasteiger partial charge in [0.2, 0.25) is 5.91 Å². The molecular weight excluding hydrogens is 828 g/mol. The Bertz CT molecular complexity index is 1110. The molecule has 0 saturated carbocycles. The first-order valence-electron chi connectivity index (χ1n) is 28.2. The molecule has 65 heavy (non-hydrogen) atoms. The fourth-order valence-corrected chi connectivity index (χ4v) is 9.19. The van der Waals surface area contributed by atoms with Crippen LogP contribution in [-0.2, 0) is 18.4 Å². The van der Waals surface area contributed by atoms with E-state index < -0.39 is 20.0 Å². The molecule has 0 radical (unpaired) electrons. The molecule has 0 bridgehead atoms. The maximum Gasteiger partial charge on any atom is 0.268 e. The molecule has 0 spiro atoms. The number of amides is 1. The lowest BCUT2D eigenvalue weighted by molar-refractivity contribution is -0.870. The average Bonchev–Trinajstić information content (AvgIpc) is 3.26. The van der Waals surface area contributed by atoms with Crippen molar-refractivity contribution in [3.05, 3.63) is 24.3 Å². The zero-order valence-electron chi connectivity index (χ0n) is 44.0. The van der Waals surface area contributed by atoms with Crippen LogP contribution in [0.25, 0.3) is 0 Å². The molecule has 0 aliphatic rings. The topological polar surface area (TPSA) is 108 Å². The van der Waals surface area contributed by atoms with Crippen molar-refractivity contribution >= 4 is 13.7 Å². The number of allylic oxidation sites excluding steroid dienone is 3. The van der Waals surface area contributed by atoms with Crippen molar-refractivity contribution in [3.8, 4) is 0 Å². The Morgan fingerprint density at radius 3 is 1.25 bits per heavy atom. The second kappa shape index (κ2) is 48.0. The highest BCUT2D eigenvalue weighted by molar-refractivity contribution is 7.45. The summed E-state index contributed by atoms with van der Waals surface area (Å²) in [7, 11) is 1.26. The number of nitrogens with zero attached hydrogens (tertiary/aromatic N) is 1. The summed E-state index contributed by atoms with van der Waals surface area (Å²) in [5.74, 6) is -0.202. The van der Waals surface area contributed by atoms with Gasteiger partial charge in [0, 0.05) is 6.42 Å². The molecule has 9 heteroatoms. The third-order valence-electron chi connectivity index (χ3n) is 12.9. The van der Waals surface area contributed by atoms with Crippen LogP contribution in [0.1, 0.15) is 277 Å². The third kappa shape index (κ3) is 50.7. The normalized spacial score (nSPS) is 14.1. The molecule has 0 aromatic carbocycles. The van der Waals surface area contributed by atoms with Crippen molar-refractivity contribution in [1.82, 2.24) is 5.32 Å². The third-order valence-corrected chi connectivity index (χ3v) is 13.9. The summed E-state index contributed by atoms with van der Waals surface area (Å²) in [5.41, 5.74) is 0. The monoisotopic (exact) mass is 939 g/mol. The van der Waals surface area contributed by atoms with Crippen LogP contribution in [0.5, 0.6) is 0 Å². The minimum Gasteiger partial charge on any atom is -0.756 e. The maximum absolute atomic E-state index is 12.9. The van der Waals surface area contributed by atoms with Crippen molar-refractivity contribution in [2.45, 2.75) is 289 Å². The first kappa shape index (κ1) is 64.0. The number of rotatable bonds is 52. The van der Waals surface area contributed by atoms with E-state index in [0.29, 0.717) is 17.4 Å². The van der Waals surface area contributed by atoms with Crippen LogP contribution in [0.3, 0.4) is 0 Å². The molecule has 0 heterocycles. The van der Waals surface area contributed by atoms with E-state index in [4.69, 9.17) is 9.05 Å². The summed E-state index contributed by atoms with van der Waals surface area (Å²) < 4.78 is 23.3. The molecule has 3 atom stereocenters. The van der Waals surface area contributed by atoms with Gasteiger partial charge in [-0.3, -0.25) is 9.36 Å². The number of nitrogens with one attached hydrogen (secondary N) is 1. The van der Waals surface area contributed by atoms with Gasteiger partial charge in [0.15, 0.2) is 0 Å². The van der Waals surface area contributed by atoms with Crippen LogP contribution in [0.15, 0.2) is 24.3 Å². The number of phosphoric ester groups is 1. The summed E-state index contributed by atoms with van der Waals surface area (Å²) in [4.78, 5) is 25.5. The van der Waals surface area contributed by atoms with Crippen molar-refractivity contribution in [2.24, 2.45) is 0 Å². The van der Waals surface area contributed by atoms with E-state index in [1.54, 1.807) is 6.08 Å². The summed E-state index contributed by atoms with van der Waals surface area (Å²) >= 11 is 0. The Morgan fingerprint density at radius 1 is 0.523 bits per heavy atom. The van der Waals surface area contributed by atoms with E-state index >= 15 is 0 Å². The van der Waals surface area contributed by atoms with Gasteiger partial charge in [-0.1, -0.05) is 263 Å². The predicted molar refractivity (Wildman–Crippen MR) is 279 cm³/mol. The Labute approximate surface area is 404 Å². The van der Waals surface area contributed by atoms with Crippen LogP contribution in [-0.4, -0.2) is 68.5 Å². The number of aliphatic hydroxyl groups is 1. The van der Waals surface area contributed by atoms with Crippen molar-refractivity contribution in [3.63, 3.8) is 0 Å². The van der Waals surface area contributed by atoms with Crippen LogP contribution < -0.4 is 10.2 Å². The first-order valence-corrected chi connectivity index (χ1v) is 29.7. The molecule has 0 fully saturated rings. The Balaban J connectivity index is 4.24. The van der Waals surface area contributed by atoms with Crippen LogP contribution in [0.4, 0.5) is 0 Å². The number of likely N-dealkylation sites (N-methyl/N-ethyl adjacent to an activating group) is 1. The SMILES string of the molecule is CCCCCCCCCCCCCCCCCCCCC/C=C/CC/C=C/C(O)C(COP(=O)([O-])OCC[N+](C)(C)C)NC(=O)CCCCCCCCCCCCCCCCCCCC. The van der Waals surface area contributed by atoms with Gasteiger partial charge in [0.05, 0.1) is 39.9 Å². The van der Waals surface area contributed by atoms with E-state index in [0.717, 1.165) is 38.5 Å². The molecule has 0 aliphatic heterocycles. The lowest BCUT2D eigenvalue weighted by Crippen LogP contribution is -2.45. The molecule has 386 valence electrons. The van der Waals surface area contributed by atoms with Gasteiger partial charge in [-0.2, -0.15) is 0 Å². The van der Waals surface area contributed by atoms with Crippen LogP contribution in [0, 0.1) is 0 Å². The van der Waals surface area contributed by atoms with Gasteiger partial charge >= 0.3 is 0 Å². The Kier molecular flexibility index (Phi) is 47.3. The van der Waals surface area contributed by atoms with E-state index in [9.17, 15) is 19.4 Å². The molecule has 2 N–H and O–H groups in total. The van der Waals surface area contributed by atoms with Crippen LogP contribution >= 0.6 is 7.82 Å². The van der Waals surface area contributed by atoms with Gasteiger partial charge in [-0.05, 0) is 32.1 Å². The number of aliphatic hydroxyl groups excluding tert-OH is 1. The number of phosphoric acid groups is 1. The maximum atomic E-state index is 12.9. The highest BCUT2D eigenvalue weighted by atomic mass is 31.2. The summed E-state index contributed by atoms with van der Waals surface area (Å²) in [6.45, 7) is 4.67. The lowest BCUT2D eigenvalue weighted by atomic mass is 10.0. The standard InChI is InChI=1S/C56H111N2O6P/c1-6-8-10-12-14-16-18-20-22-24-26-27-28-29-30-31-32-33-35-37-39-41-43-45-47-49-55(59)54(53-64-65(61,62)63-52-51-58(3,4)5)57-56(60)50-48-46-44-42-40-38-36-34-25-23-21-19-17-15-13-11-9-7-2/h39,41,47,49,54-55,59H,6-38,40,42-46,48,50-53H2,1-5H3,(H-,57,60,61,62)/b41-39+,49-47+. The number of carbonyl (C=O) groups excluding carboxylic acids is 1. The zero-order valence-corrected chi connectivity index (χ0v) is 44.9. The van der Waals surface area contributed by atoms with Crippen molar-refractivity contribution < 1.29 is 32.9 Å². The molecule has 1 amide bonds. The van der Waals surface area contributed by atoms with Gasteiger partial charge in [0.25, 0.3) is 7.82 Å². The summed E-state index contributed by atoms with van der Waals surface area (Å²) in [5, 5.41) is 13.9. The Morgan fingerprint density at radius 2 is 0.862 bits per heavy atom. The Hall–Kier alpha value is -1.02. The fraction of sp³-hybridized carbons (Fsp3) is 0.911. The number of hydrogen-bond acceptors (Lipinski definition) is 6. The minimum absolute atomic E-state index is 0.00377. The van der Waals surface area contributed by atoms with E-state index in [1.165, 1.54) is 218 Å². The smallest absolute Gasteiger partial charge is 0.268 e. The molecule has 0 rings (SSSR count). The molecule has 0 saturated heterocycles. The highest BCUT2D eigenvalue weighted by Crippen LogP contribution is 2.38. The second-order valence-corrected chi connectivity index (χ2v) is 22.1. The quantitative estimate of drug-likeness (QED) is 0.0272. The highest BCUT2D eigenvalue weighted by Gasteiger charge is 2.23. The molecule has 8 nitrogen and oxygen atoms in total. The number of hydrogen-bond donors (Lipinski definition) is 2. The number of unbranched alkanes of at least 4 members (excludes halogenated alkanes) is 37. The molecule has 0 aromatic rings. The summed E-state index contributed by atoms with van der Waals surface area (Å²) in [6.07, 6.45) is 59.7. The largest absolute Gasteiger partial charge is 0.756 e. The number of quaternary nitrogens is 1. The summed E-state index contributed by atoms with van der Waals surface area (Å²) in [6, 6.07) is -0.900. The van der Waals surface area contributed by atoms with Gasteiger partial charge < -0.3 is 28.8 Å². The van der Waals surface area contributed by atoms with E-state index in [-0.39, 0.29) is 19.1 Å². The molecule has 0 aliphatic carbocycles. The average molecular weight is 939 g/mol. The first-order chi connectivity index (χ1) is 31.5.